The maximum atomic E-state index is 13.2. The molecular formula is C26H14I4O3. The smallest absolute Gasteiger partial charge is 0.193 e. The van der Waals surface area contributed by atoms with E-state index in [1.165, 1.54) is 11.1 Å². The Bertz CT molecular complexity index is 1340. The molecule has 4 aromatic rings. The number of rotatable bonds is 4. The SMILES string of the molecule is O=C(c1cc(I)c(O)c(I)c1)c1cc(I)c(OC2c3ccccc3-c3ccccc32)c(I)c1. The Hall–Kier alpha value is -0.930. The Morgan fingerprint density at radius 1 is 0.697 bits per heavy atom. The Balaban J connectivity index is 1.51. The Morgan fingerprint density at radius 3 is 1.61 bits per heavy atom. The topological polar surface area (TPSA) is 46.5 Å². The summed E-state index contributed by atoms with van der Waals surface area (Å²) in [7, 11) is 0. The van der Waals surface area contributed by atoms with Crippen LogP contribution < -0.4 is 4.74 Å². The van der Waals surface area contributed by atoms with E-state index in [0.717, 1.165) is 24.0 Å². The van der Waals surface area contributed by atoms with Gasteiger partial charge in [-0.3, -0.25) is 4.79 Å². The fraction of sp³-hybridized carbons (Fsp3) is 0.0385. The van der Waals surface area contributed by atoms with Crippen LogP contribution in [-0.4, -0.2) is 10.9 Å². The quantitative estimate of drug-likeness (QED) is 0.166. The number of hydrogen-bond acceptors (Lipinski definition) is 3. The number of ketones is 1. The number of aromatic hydroxyl groups is 1. The lowest BCUT2D eigenvalue weighted by Gasteiger charge is -2.19. The highest BCUT2D eigenvalue weighted by molar-refractivity contribution is 14.1. The van der Waals surface area contributed by atoms with Gasteiger partial charge in [0.2, 0.25) is 0 Å². The van der Waals surface area contributed by atoms with Crippen LogP contribution in [0.5, 0.6) is 11.5 Å². The summed E-state index contributed by atoms with van der Waals surface area (Å²) in [5.41, 5.74) is 5.86. The monoisotopic (exact) mass is 882 g/mol. The number of carbonyl (C=O) groups is 1. The number of fused-ring (bicyclic) bond motifs is 3. The molecule has 0 heterocycles. The number of benzene rings is 4. The van der Waals surface area contributed by atoms with Gasteiger partial charge in [-0.05, 0) is 126 Å². The van der Waals surface area contributed by atoms with Crippen LogP contribution >= 0.6 is 90.4 Å². The Kier molecular flexibility index (Phi) is 6.93. The van der Waals surface area contributed by atoms with Crippen molar-refractivity contribution >= 4 is 96.1 Å². The molecule has 7 heteroatoms. The summed E-state index contributed by atoms with van der Waals surface area (Å²) in [6, 6.07) is 23.9. The van der Waals surface area contributed by atoms with Crippen molar-refractivity contribution in [2.45, 2.75) is 6.10 Å². The predicted molar refractivity (Wildman–Crippen MR) is 163 cm³/mol. The second-order valence-electron chi connectivity index (χ2n) is 7.56. The van der Waals surface area contributed by atoms with Crippen molar-refractivity contribution in [1.29, 1.82) is 0 Å². The molecule has 0 fully saturated rings. The zero-order chi connectivity index (χ0) is 23.3. The van der Waals surface area contributed by atoms with E-state index in [0.29, 0.717) is 18.3 Å². The van der Waals surface area contributed by atoms with Gasteiger partial charge < -0.3 is 9.84 Å². The number of hydrogen-bond donors (Lipinski definition) is 1. The first-order chi connectivity index (χ1) is 15.8. The number of phenols is 1. The molecule has 1 N–H and O–H groups in total. The fourth-order valence-corrected chi connectivity index (χ4v) is 7.81. The van der Waals surface area contributed by atoms with Gasteiger partial charge in [0.25, 0.3) is 0 Å². The molecule has 0 spiro atoms. The van der Waals surface area contributed by atoms with Crippen LogP contribution in [0.2, 0.25) is 0 Å². The Morgan fingerprint density at radius 2 is 1.12 bits per heavy atom. The lowest BCUT2D eigenvalue weighted by Crippen LogP contribution is -2.10. The molecular weight excluding hydrogens is 868 g/mol. The van der Waals surface area contributed by atoms with Gasteiger partial charge >= 0.3 is 0 Å². The number of halogens is 4. The first kappa shape index (κ1) is 23.8. The normalized spacial score (nSPS) is 12.4. The number of ether oxygens (including phenoxy) is 1. The molecule has 4 aromatic carbocycles. The number of phenolic OH excluding ortho intramolecular Hbond substituents is 1. The molecule has 5 rings (SSSR count). The first-order valence-electron chi connectivity index (χ1n) is 9.91. The molecule has 0 bridgehead atoms. The van der Waals surface area contributed by atoms with Gasteiger partial charge in [0.05, 0.1) is 14.3 Å². The summed E-state index contributed by atoms with van der Waals surface area (Å²) in [6.07, 6.45) is -0.193. The van der Waals surface area contributed by atoms with E-state index < -0.39 is 0 Å². The summed E-state index contributed by atoms with van der Waals surface area (Å²) < 4.78 is 9.70. The van der Waals surface area contributed by atoms with Crippen molar-refractivity contribution in [1.82, 2.24) is 0 Å². The van der Waals surface area contributed by atoms with Crippen molar-refractivity contribution in [3.63, 3.8) is 0 Å². The summed E-state index contributed by atoms with van der Waals surface area (Å²) in [6.45, 7) is 0. The van der Waals surface area contributed by atoms with Gasteiger partial charge in [0.15, 0.2) is 11.9 Å². The van der Waals surface area contributed by atoms with Crippen LogP contribution in [0.15, 0.2) is 72.8 Å². The van der Waals surface area contributed by atoms with Gasteiger partial charge in [-0.15, -0.1) is 0 Å². The lowest BCUT2D eigenvalue weighted by molar-refractivity contribution is 0.103. The molecule has 0 radical (unpaired) electrons. The maximum absolute atomic E-state index is 13.2. The van der Waals surface area contributed by atoms with E-state index in [1.54, 1.807) is 12.1 Å². The minimum absolute atomic E-state index is 0.0789. The summed E-state index contributed by atoms with van der Waals surface area (Å²) in [5, 5.41) is 10.0. The van der Waals surface area contributed by atoms with Crippen molar-refractivity contribution in [2.24, 2.45) is 0 Å². The van der Waals surface area contributed by atoms with E-state index in [1.807, 2.05) is 69.4 Å². The minimum Gasteiger partial charge on any atom is -0.506 e. The standard InChI is InChI=1S/C26H14I4O3/c27-19-9-13(10-20(28)24(19)32)23(31)14-11-21(29)26(22(30)12-14)33-25-17-7-3-1-5-15(17)16-6-2-4-8-18(16)25/h1-12,25,32H. The van der Waals surface area contributed by atoms with E-state index in [2.05, 4.69) is 81.6 Å². The third kappa shape index (κ3) is 4.42. The molecule has 0 unspecified atom stereocenters. The molecule has 0 aromatic heterocycles. The molecule has 1 aliphatic carbocycles. The van der Waals surface area contributed by atoms with Crippen LogP contribution in [0.1, 0.15) is 33.2 Å². The van der Waals surface area contributed by atoms with Gasteiger partial charge in [-0.25, -0.2) is 0 Å². The van der Waals surface area contributed by atoms with Crippen molar-refractivity contribution in [3.8, 4) is 22.6 Å². The van der Waals surface area contributed by atoms with E-state index >= 15 is 0 Å². The number of carbonyl (C=O) groups excluding carboxylic acids is 1. The summed E-state index contributed by atoms with van der Waals surface area (Å²) in [5.74, 6) is 0.904. The third-order valence-corrected chi connectivity index (χ3v) is 8.80. The fourth-order valence-electron chi connectivity index (χ4n) is 4.02. The maximum Gasteiger partial charge on any atom is 0.193 e. The second kappa shape index (κ2) is 9.61. The highest BCUT2D eigenvalue weighted by atomic mass is 127. The molecule has 0 atom stereocenters. The van der Waals surface area contributed by atoms with Gasteiger partial charge in [0, 0.05) is 22.3 Å². The molecule has 0 saturated carbocycles. The average molecular weight is 882 g/mol. The predicted octanol–water partition coefficient (Wildman–Crippen LogP) is 8.19. The molecule has 3 nitrogen and oxygen atoms in total. The van der Waals surface area contributed by atoms with Crippen LogP contribution in [0.3, 0.4) is 0 Å². The van der Waals surface area contributed by atoms with Crippen LogP contribution in [-0.2, 0) is 0 Å². The van der Waals surface area contributed by atoms with E-state index in [-0.39, 0.29) is 17.6 Å². The third-order valence-electron chi connectivity index (χ3n) is 5.55. The zero-order valence-electron chi connectivity index (χ0n) is 16.8. The molecule has 164 valence electrons. The highest BCUT2D eigenvalue weighted by Crippen LogP contribution is 2.46. The van der Waals surface area contributed by atoms with Gasteiger partial charge in [0.1, 0.15) is 11.5 Å². The largest absolute Gasteiger partial charge is 0.506 e. The van der Waals surface area contributed by atoms with E-state index in [4.69, 9.17) is 4.74 Å². The zero-order valence-corrected chi connectivity index (χ0v) is 25.4. The molecule has 1 aliphatic rings. The van der Waals surface area contributed by atoms with Crippen LogP contribution in [0.25, 0.3) is 11.1 Å². The van der Waals surface area contributed by atoms with E-state index in [9.17, 15) is 9.90 Å². The van der Waals surface area contributed by atoms with Gasteiger partial charge in [-0.2, -0.15) is 0 Å². The van der Waals surface area contributed by atoms with Crippen molar-refractivity contribution < 1.29 is 14.6 Å². The lowest BCUT2D eigenvalue weighted by atomic mass is 10.0. The molecule has 0 aliphatic heterocycles. The second-order valence-corrected chi connectivity index (χ2v) is 12.2. The van der Waals surface area contributed by atoms with Crippen molar-refractivity contribution in [3.05, 3.63) is 109 Å². The summed E-state index contributed by atoms with van der Waals surface area (Å²) in [4.78, 5) is 13.2. The van der Waals surface area contributed by atoms with Crippen molar-refractivity contribution in [2.75, 3.05) is 0 Å². The minimum atomic E-state index is -0.193. The molecule has 0 saturated heterocycles. The first-order valence-corrected chi connectivity index (χ1v) is 14.2. The Labute approximate surface area is 245 Å². The highest BCUT2D eigenvalue weighted by Gasteiger charge is 2.31. The molecule has 0 amide bonds. The van der Waals surface area contributed by atoms with Crippen LogP contribution in [0, 0.1) is 14.3 Å². The van der Waals surface area contributed by atoms with Crippen LogP contribution in [0.4, 0.5) is 0 Å². The average Bonchev–Trinajstić information content (AvgIpc) is 3.12. The molecule has 33 heavy (non-hydrogen) atoms. The summed E-state index contributed by atoms with van der Waals surface area (Å²) >= 11 is 8.58. The van der Waals surface area contributed by atoms with Gasteiger partial charge in [-0.1, -0.05) is 48.5 Å².